The molecular weight excluding hydrogens is 168 g/mol. The summed E-state index contributed by atoms with van der Waals surface area (Å²) < 4.78 is 0. The van der Waals surface area contributed by atoms with E-state index in [0.29, 0.717) is 17.0 Å². The lowest BCUT2D eigenvalue weighted by Crippen LogP contribution is -2.31. The van der Waals surface area contributed by atoms with E-state index in [1.807, 2.05) is 11.8 Å². The van der Waals surface area contributed by atoms with Gasteiger partial charge in [0.15, 0.2) is 0 Å². The molecule has 68 valence electrons. The van der Waals surface area contributed by atoms with Gasteiger partial charge in [0.2, 0.25) is 0 Å². The van der Waals surface area contributed by atoms with E-state index in [1.165, 1.54) is 37.9 Å². The molecular formula is C10H16OS. The Labute approximate surface area is 78.3 Å². The van der Waals surface area contributed by atoms with Gasteiger partial charge in [0.05, 0.1) is 5.25 Å². The Hall–Kier alpha value is 0.0200. The lowest BCUT2D eigenvalue weighted by atomic mass is 9.80. The molecule has 1 saturated carbocycles. The lowest BCUT2D eigenvalue weighted by Gasteiger charge is -2.29. The van der Waals surface area contributed by atoms with Crippen molar-refractivity contribution in [3.63, 3.8) is 0 Å². The Morgan fingerprint density at radius 3 is 2.42 bits per heavy atom. The van der Waals surface area contributed by atoms with E-state index in [-0.39, 0.29) is 0 Å². The van der Waals surface area contributed by atoms with Gasteiger partial charge in [-0.2, -0.15) is 11.8 Å². The second-order valence-corrected chi connectivity index (χ2v) is 5.20. The SMILES string of the molecule is O=C(C1CCC1)C1CCCCS1. The van der Waals surface area contributed by atoms with Crippen LogP contribution < -0.4 is 0 Å². The van der Waals surface area contributed by atoms with E-state index >= 15 is 0 Å². The third kappa shape index (κ3) is 1.68. The highest BCUT2D eigenvalue weighted by Crippen LogP contribution is 2.34. The molecule has 1 heterocycles. The third-order valence-electron chi connectivity index (χ3n) is 3.00. The molecule has 2 heteroatoms. The van der Waals surface area contributed by atoms with E-state index in [0.717, 1.165) is 6.42 Å². The maximum atomic E-state index is 11.8. The molecule has 0 amide bonds. The Morgan fingerprint density at radius 2 is 1.92 bits per heavy atom. The second-order valence-electron chi connectivity index (χ2n) is 3.89. The number of carbonyl (C=O) groups excluding carboxylic acids is 1. The molecule has 1 atom stereocenters. The molecule has 1 nitrogen and oxygen atoms in total. The van der Waals surface area contributed by atoms with Gasteiger partial charge in [-0.25, -0.2) is 0 Å². The third-order valence-corrected chi connectivity index (χ3v) is 4.40. The first-order chi connectivity index (χ1) is 5.88. The van der Waals surface area contributed by atoms with Gasteiger partial charge in [-0.1, -0.05) is 12.8 Å². The van der Waals surface area contributed by atoms with Crippen LogP contribution in [-0.2, 0) is 4.79 Å². The van der Waals surface area contributed by atoms with Gasteiger partial charge in [-0.15, -0.1) is 0 Å². The summed E-state index contributed by atoms with van der Waals surface area (Å²) in [7, 11) is 0. The zero-order valence-corrected chi connectivity index (χ0v) is 8.24. The normalized spacial score (nSPS) is 31.2. The Balaban J connectivity index is 1.84. The van der Waals surface area contributed by atoms with E-state index in [1.54, 1.807) is 0 Å². The number of hydrogen-bond acceptors (Lipinski definition) is 2. The van der Waals surface area contributed by atoms with Crippen LogP contribution in [0.4, 0.5) is 0 Å². The smallest absolute Gasteiger partial charge is 0.148 e. The van der Waals surface area contributed by atoms with Crippen molar-refractivity contribution in [1.82, 2.24) is 0 Å². The van der Waals surface area contributed by atoms with Crippen LogP contribution in [0.2, 0.25) is 0 Å². The molecule has 0 spiro atoms. The Kier molecular flexibility index (Phi) is 2.74. The van der Waals surface area contributed by atoms with Gasteiger partial charge >= 0.3 is 0 Å². The number of thioether (sulfide) groups is 1. The summed E-state index contributed by atoms with van der Waals surface area (Å²) in [6, 6.07) is 0. The van der Waals surface area contributed by atoms with Crippen molar-refractivity contribution in [2.24, 2.45) is 5.92 Å². The molecule has 2 aliphatic rings. The number of rotatable bonds is 2. The number of ketones is 1. The highest BCUT2D eigenvalue weighted by atomic mass is 32.2. The van der Waals surface area contributed by atoms with Gasteiger partial charge in [0.1, 0.15) is 5.78 Å². The average Bonchev–Trinajstić information content (AvgIpc) is 2.03. The van der Waals surface area contributed by atoms with Crippen LogP contribution in [0.5, 0.6) is 0 Å². The molecule has 2 fully saturated rings. The van der Waals surface area contributed by atoms with E-state index in [9.17, 15) is 4.79 Å². The summed E-state index contributed by atoms with van der Waals surface area (Å²) in [6.07, 6.45) is 7.38. The minimum absolute atomic E-state index is 0.379. The van der Waals surface area contributed by atoms with Gasteiger partial charge in [0.25, 0.3) is 0 Å². The van der Waals surface area contributed by atoms with Crippen LogP contribution in [0.3, 0.4) is 0 Å². The maximum absolute atomic E-state index is 11.8. The van der Waals surface area contributed by atoms with Gasteiger partial charge < -0.3 is 0 Å². The standard InChI is InChI=1S/C10H16OS/c11-10(8-4-3-5-8)9-6-1-2-7-12-9/h8-9H,1-7H2. The first-order valence-electron chi connectivity index (χ1n) is 5.03. The van der Waals surface area contributed by atoms with Crippen LogP contribution in [0.25, 0.3) is 0 Å². The van der Waals surface area contributed by atoms with Gasteiger partial charge in [0, 0.05) is 5.92 Å². The molecule has 0 bridgehead atoms. The molecule has 0 aromatic rings. The molecule has 0 N–H and O–H groups in total. The van der Waals surface area contributed by atoms with Crippen molar-refractivity contribution in [2.45, 2.75) is 43.8 Å². The fraction of sp³-hybridized carbons (Fsp3) is 0.900. The molecule has 0 aromatic carbocycles. The molecule has 0 aromatic heterocycles. The maximum Gasteiger partial charge on any atom is 0.148 e. The second kappa shape index (κ2) is 3.82. The van der Waals surface area contributed by atoms with Crippen LogP contribution in [0.1, 0.15) is 38.5 Å². The molecule has 1 unspecified atom stereocenters. The summed E-state index contributed by atoms with van der Waals surface area (Å²) in [4.78, 5) is 11.8. The van der Waals surface area contributed by atoms with Crippen molar-refractivity contribution in [2.75, 3.05) is 5.75 Å². The van der Waals surface area contributed by atoms with Crippen molar-refractivity contribution in [3.8, 4) is 0 Å². The fourth-order valence-electron chi connectivity index (χ4n) is 1.92. The lowest BCUT2D eigenvalue weighted by molar-refractivity contribution is -0.124. The molecule has 1 aliphatic heterocycles. The minimum atomic E-state index is 0.379. The van der Waals surface area contributed by atoms with Crippen LogP contribution >= 0.6 is 11.8 Å². The Morgan fingerprint density at radius 1 is 1.08 bits per heavy atom. The van der Waals surface area contributed by atoms with Crippen LogP contribution in [-0.4, -0.2) is 16.8 Å². The summed E-state index contributed by atoms with van der Waals surface area (Å²) in [5.74, 6) is 2.25. The van der Waals surface area contributed by atoms with Crippen molar-refractivity contribution in [1.29, 1.82) is 0 Å². The summed E-state index contributed by atoms with van der Waals surface area (Å²) in [6.45, 7) is 0. The van der Waals surface area contributed by atoms with E-state index < -0.39 is 0 Å². The largest absolute Gasteiger partial charge is 0.298 e. The monoisotopic (exact) mass is 184 g/mol. The topological polar surface area (TPSA) is 17.1 Å². The van der Waals surface area contributed by atoms with E-state index in [2.05, 4.69) is 0 Å². The zero-order chi connectivity index (χ0) is 8.39. The van der Waals surface area contributed by atoms with Crippen molar-refractivity contribution < 1.29 is 4.79 Å². The predicted octanol–water partition coefficient (Wildman–Crippen LogP) is 2.64. The molecule has 1 aliphatic carbocycles. The first kappa shape index (κ1) is 8.61. The van der Waals surface area contributed by atoms with Crippen LogP contribution in [0, 0.1) is 5.92 Å². The van der Waals surface area contributed by atoms with Crippen molar-refractivity contribution >= 4 is 17.5 Å². The summed E-state index contributed by atoms with van der Waals surface area (Å²) in [5, 5.41) is 0.379. The number of hydrogen-bond donors (Lipinski definition) is 0. The summed E-state index contributed by atoms with van der Waals surface area (Å²) in [5.41, 5.74) is 0. The van der Waals surface area contributed by atoms with Gasteiger partial charge in [-0.3, -0.25) is 4.79 Å². The highest BCUT2D eigenvalue weighted by Gasteiger charge is 2.31. The molecule has 0 radical (unpaired) electrons. The molecule has 2 rings (SSSR count). The molecule has 1 saturated heterocycles. The van der Waals surface area contributed by atoms with E-state index in [4.69, 9.17) is 0 Å². The van der Waals surface area contributed by atoms with Gasteiger partial charge in [-0.05, 0) is 31.4 Å². The first-order valence-corrected chi connectivity index (χ1v) is 6.08. The predicted molar refractivity (Wildman–Crippen MR) is 52.4 cm³/mol. The average molecular weight is 184 g/mol. The zero-order valence-electron chi connectivity index (χ0n) is 7.42. The number of carbonyl (C=O) groups is 1. The van der Waals surface area contributed by atoms with Crippen LogP contribution in [0.15, 0.2) is 0 Å². The quantitative estimate of drug-likeness (QED) is 0.656. The Bertz CT molecular complexity index is 169. The fourth-order valence-corrected chi connectivity index (χ4v) is 3.27. The number of Topliss-reactive ketones (excluding diaryl/α,β-unsaturated/α-hetero) is 1. The van der Waals surface area contributed by atoms with Crippen molar-refractivity contribution in [3.05, 3.63) is 0 Å². The minimum Gasteiger partial charge on any atom is -0.298 e. The highest BCUT2D eigenvalue weighted by molar-refractivity contribution is 8.00. The summed E-state index contributed by atoms with van der Waals surface area (Å²) >= 11 is 1.90. The molecule has 12 heavy (non-hydrogen) atoms.